The van der Waals surface area contributed by atoms with Gasteiger partial charge in [0.05, 0.1) is 18.1 Å². The Bertz CT molecular complexity index is 336. The minimum Gasteiger partial charge on any atom is -0.386 e. The number of nitriles is 1. The highest BCUT2D eigenvalue weighted by molar-refractivity contribution is 5.21. The summed E-state index contributed by atoms with van der Waals surface area (Å²) in [5, 5.41) is 20.7. The van der Waals surface area contributed by atoms with Gasteiger partial charge in [-0.3, -0.25) is 0 Å². The van der Waals surface area contributed by atoms with Gasteiger partial charge in [0.2, 0.25) is 0 Å². The van der Waals surface area contributed by atoms with Crippen molar-refractivity contribution >= 4 is 0 Å². The van der Waals surface area contributed by atoms with Gasteiger partial charge in [-0.2, -0.15) is 5.26 Å². The molecule has 2 bridgehead atoms. The van der Waals surface area contributed by atoms with Gasteiger partial charge < -0.3 is 9.84 Å². The number of nitrogens with zero attached hydrogens (tertiary/aromatic N) is 1. The number of hydrogen-bond donors (Lipinski definition) is 1. The molecule has 0 aromatic heterocycles. The highest BCUT2D eigenvalue weighted by atomic mass is 16.5. The Morgan fingerprint density at radius 3 is 2.59 bits per heavy atom. The second-order valence-corrected chi connectivity index (χ2v) is 6.18. The molecule has 0 aliphatic heterocycles. The molecule has 0 heterocycles. The van der Waals surface area contributed by atoms with Gasteiger partial charge >= 0.3 is 0 Å². The van der Waals surface area contributed by atoms with Gasteiger partial charge in [-0.15, -0.1) is 0 Å². The van der Waals surface area contributed by atoms with E-state index in [1.54, 1.807) is 7.11 Å². The SMILES string of the molecule is COCC(O)(C(C)C)C1(C#N)CC2CCC1C2. The third-order valence-electron chi connectivity index (χ3n) is 5.14. The zero-order chi connectivity index (χ0) is 12.7. The highest BCUT2D eigenvalue weighted by Gasteiger charge is 2.63. The van der Waals surface area contributed by atoms with Gasteiger partial charge in [0.1, 0.15) is 5.60 Å². The first-order chi connectivity index (χ1) is 8.00. The summed E-state index contributed by atoms with van der Waals surface area (Å²) in [5.41, 5.74) is -1.59. The molecule has 0 aromatic rings. The minimum atomic E-state index is -1.00. The van der Waals surface area contributed by atoms with E-state index in [0.717, 1.165) is 19.3 Å². The van der Waals surface area contributed by atoms with Crippen molar-refractivity contribution in [1.29, 1.82) is 5.26 Å². The number of methoxy groups -OCH3 is 1. The fraction of sp³-hybridized carbons (Fsp3) is 0.929. The fourth-order valence-electron chi connectivity index (χ4n) is 4.12. The maximum absolute atomic E-state index is 11.0. The van der Waals surface area contributed by atoms with Crippen LogP contribution in [0.25, 0.3) is 0 Å². The van der Waals surface area contributed by atoms with Gasteiger partial charge in [0.25, 0.3) is 0 Å². The lowest BCUT2D eigenvalue weighted by Crippen LogP contribution is -2.57. The monoisotopic (exact) mass is 237 g/mol. The molecular formula is C14H23NO2. The molecule has 0 radical (unpaired) electrons. The molecule has 0 spiro atoms. The van der Waals surface area contributed by atoms with E-state index in [1.807, 2.05) is 13.8 Å². The third-order valence-corrected chi connectivity index (χ3v) is 5.14. The van der Waals surface area contributed by atoms with Crippen molar-refractivity contribution in [1.82, 2.24) is 0 Å². The minimum absolute atomic E-state index is 0.0430. The topological polar surface area (TPSA) is 53.2 Å². The van der Waals surface area contributed by atoms with Crippen molar-refractivity contribution in [3.63, 3.8) is 0 Å². The summed E-state index contributed by atoms with van der Waals surface area (Å²) in [5.74, 6) is 1.04. The van der Waals surface area contributed by atoms with E-state index in [4.69, 9.17) is 4.74 Å². The number of rotatable bonds is 4. The normalized spacial score (nSPS) is 39.3. The van der Waals surface area contributed by atoms with Crippen molar-refractivity contribution in [2.45, 2.75) is 45.1 Å². The van der Waals surface area contributed by atoms with E-state index in [9.17, 15) is 10.4 Å². The van der Waals surface area contributed by atoms with E-state index in [1.165, 1.54) is 6.42 Å². The van der Waals surface area contributed by atoms with Crippen LogP contribution in [-0.4, -0.2) is 24.4 Å². The summed E-state index contributed by atoms with van der Waals surface area (Å²) in [6, 6.07) is 2.49. The lowest BCUT2D eigenvalue weighted by molar-refractivity contribution is -0.150. The van der Waals surface area contributed by atoms with E-state index in [2.05, 4.69) is 6.07 Å². The highest BCUT2D eigenvalue weighted by Crippen LogP contribution is 2.61. The summed E-state index contributed by atoms with van der Waals surface area (Å²) < 4.78 is 5.21. The van der Waals surface area contributed by atoms with E-state index < -0.39 is 11.0 Å². The van der Waals surface area contributed by atoms with Gasteiger partial charge in [-0.05, 0) is 37.0 Å². The lowest BCUT2D eigenvalue weighted by atomic mass is 9.59. The van der Waals surface area contributed by atoms with Crippen molar-refractivity contribution in [2.75, 3.05) is 13.7 Å². The molecule has 2 aliphatic carbocycles. The molecule has 3 heteroatoms. The average Bonchev–Trinajstić information content (AvgIpc) is 2.89. The van der Waals surface area contributed by atoms with Crippen LogP contribution in [-0.2, 0) is 4.74 Å². The Morgan fingerprint density at radius 1 is 1.53 bits per heavy atom. The molecule has 0 saturated heterocycles. The van der Waals surface area contributed by atoms with Crippen LogP contribution in [0.15, 0.2) is 0 Å². The lowest BCUT2D eigenvalue weighted by Gasteiger charge is -2.47. The quantitative estimate of drug-likeness (QED) is 0.816. The summed E-state index contributed by atoms with van der Waals surface area (Å²) in [4.78, 5) is 0. The van der Waals surface area contributed by atoms with Crippen molar-refractivity contribution in [3.05, 3.63) is 0 Å². The number of ether oxygens (including phenoxy) is 1. The predicted octanol–water partition coefficient (Wildman–Crippen LogP) is 2.35. The zero-order valence-electron chi connectivity index (χ0n) is 11.1. The van der Waals surface area contributed by atoms with Crippen LogP contribution in [0.3, 0.4) is 0 Å². The second kappa shape index (κ2) is 4.26. The Balaban J connectivity index is 2.37. The van der Waals surface area contributed by atoms with Crippen LogP contribution < -0.4 is 0 Å². The van der Waals surface area contributed by atoms with Crippen molar-refractivity contribution in [2.24, 2.45) is 23.2 Å². The summed E-state index contributed by atoms with van der Waals surface area (Å²) in [6.45, 7) is 4.25. The molecule has 3 nitrogen and oxygen atoms in total. The summed E-state index contributed by atoms with van der Waals surface area (Å²) in [6.07, 6.45) is 4.30. The Kier molecular flexibility index (Phi) is 3.22. The molecule has 4 atom stereocenters. The maximum atomic E-state index is 11.0. The van der Waals surface area contributed by atoms with Gasteiger partial charge in [-0.25, -0.2) is 0 Å². The van der Waals surface area contributed by atoms with E-state index in [0.29, 0.717) is 11.8 Å². The predicted molar refractivity (Wildman–Crippen MR) is 65.2 cm³/mol. The molecule has 0 aromatic carbocycles. The van der Waals surface area contributed by atoms with Crippen LogP contribution in [0.4, 0.5) is 0 Å². The number of aliphatic hydroxyl groups is 1. The number of hydrogen-bond acceptors (Lipinski definition) is 3. The third kappa shape index (κ3) is 1.62. The van der Waals surface area contributed by atoms with Crippen LogP contribution >= 0.6 is 0 Å². The molecule has 2 rings (SSSR count). The fourth-order valence-corrected chi connectivity index (χ4v) is 4.12. The van der Waals surface area contributed by atoms with Crippen molar-refractivity contribution < 1.29 is 9.84 Å². The van der Waals surface area contributed by atoms with Gasteiger partial charge in [0, 0.05) is 7.11 Å². The Labute approximate surface area is 104 Å². The first-order valence-electron chi connectivity index (χ1n) is 6.62. The van der Waals surface area contributed by atoms with Crippen LogP contribution in [0, 0.1) is 34.5 Å². The largest absolute Gasteiger partial charge is 0.386 e. The molecular weight excluding hydrogens is 214 g/mol. The van der Waals surface area contributed by atoms with Crippen LogP contribution in [0.2, 0.25) is 0 Å². The van der Waals surface area contributed by atoms with Gasteiger partial charge in [0.15, 0.2) is 0 Å². The molecule has 2 saturated carbocycles. The smallest absolute Gasteiger partial charge is 0.109 e. The molecule has 4 unspecified atom stereocenters. The molecule has 2 fully saturated rings. The van der Waals surface area contributed by atoms with E-state index in [-0.39, 0.29) is 12.5 Å². The Morgan fingerprint density at radius 2 is 2.24 bits per heavy atom. The van der Waals surface area contributed by atoms with E-state index >= 15 is 0 Å². The van der Waals surface area contributed by atoms with Crippen LogP contribution in [0.1, 0.15) is 39.5 Å². The maximum Gasteiger partial charge on any atom is 0.109 e. The zero-order valence-corrected chi connectivity index (χ0v) is 11.1. The molecule has 1 N–H and O–H groups in total. The molecule has 2 aliphatic rings. The molecule has 96 valence electrons. The first-order valence-corrected chi connectivity index (χ1v) is 6.62. The van der Waals surface area contributed by atoms with Crippen molar-refractivity contribution in [3.8, 4) is 6.07 Å². The molecule has 0 amide bonds. The standard InChI is InChI=1S/C14H23NO2/c1-10(2)14(16,9-17-3)13(8-15)7-11-4-5-12(13)6-11/h10-12,16H,4-7,9H2,1-3H3. The summed E-state index contributed by atoms with van der Waals surface area (Å²) in [7, 11) is 1.60. The summed E-state index contributed by atoms with van der Waals surface area (Å²) >= 11 is 0. The second-order valence-electron chi connectivity index (χ2n) is 6.18. The molecule has 17 heavy (non-hydrogen) atoms. The van der Waals surface area contributed by atoms with Crippen LogP contribution in [0.5, 0.6) is 0 Å². The van der Waals surface area contributed by atoms with Gasteiger partial charge in [-0.1, -0.05) is 20.3 Å². The average molecular weight is 237 g/mol. The first kappa shape index (κ1) is 12.9. The number of fused-ring (bicyclic) bond motifs is 2. The Hall–Kier alpha value is -0.590.